The monoisotopic (exact) mass is 400 g/mol. The molecule has 1 heterocycles. The van der Waals surface area contributed by atoms with Gasteiger partial charge in [-0.25, -0.2) is 0 Å². The van der Waals surface area contributed by atoms with E-state index in [1.165, 1.54) is 13.3 Å². The van der Waals surface area contributed by atoms with E-state index in [0.717, 1.165) is 35.4 Å². The maximum atomic E-state index is 12.9. The van der Waals surface area contributed by atoms with E-state index in [1.807, 2.05) is 30.3 Å². The highest BCUT2D eigenvalue weighted by Crippen LogP contribution is 2.38. The predicted molar refractivity (Wildman–Crippen MR) is 111 cm³/mol. The van der Waals surface area contributed by atoms with Crippen LogP contribution < -0.4 is 15.0 Å². The van der Waals surface area contributed by atoms with Crippen LogP contribution in [0.15, 0.2) is 42.5 Å². The van der Waals surface area contributed by atoms with Crippen molar-refractivity contribution in [2.24, 2.45) is 0 Å². The van der Waals surface area contributed by atoms with Crippen LogP contribution in [0.1, 0.15) is 50.3 Å². The molecule has 2 aromatic rings. The van der Waals surface area contributed by atoms with Gasteiger partial charge in [-0.1, -0.05) is 43.5 Å². The molecule has 5 nitrogen and oxygen atoms in total. The largest absolute Gasteiger partial charge is 0.494 e. The van der Waals surface area contributed by atoms with Crippen LogP contribution in [0.5, 0.6) is 5.75 Å². The number of rotatable bonds is 8. The quantitative estimate of drug-likeness (QED) is 0.657. The molecule has 1 aliphatic heterocycles. The number of nitrogens with one attached hydrogen (secondary N) is 1. The van der Waals surface area contributed by atoms with Crippen molar-refractivity contribution in [2.75, 3.05) is 11.5 Å². The first kappa shape index (κ1) is 20.2. The van der Waals surface area contributed by atoms with E-state index < -0.39 is 6.04 Å². The summed E-state index contributed by atoms with van der Waals surface area (Å²) in [6, 6.07) is 12.4. The Hall–Kier alpha value is -2.53. The van der Waals surface area contributed by atoms with Gasteiger partial charge in [0.15, 0.2) is 0 Å². The third-order valence-corrected chi connectivity index (χ3v) is 4.97. The molecule has 0 fully saturated rings. The van der Waals surface area contributed by atoms with Crippen LogP contribution in [-0.4, -0.2) is 18.4 Å². The maximum Gasteiger partial charge on any atom is 0.254 e. The number of nitrogens with zero attached hydrogens (tertiary/aromatic N) is 1. The second-order valence-electron chi connectivity index (χ2n) is 6.96. The van der Waals surface area contributed by atoms with Crippen molar-refractivity contribution in [3.63, 3.8) is 0 Å². The molecule has 0 bridgehead atoms. The first-order chi connectivity index (χ1) is 13.5. The summed E-state index contributed by atoms with van der Waals surface area (Å²) < 4.78 is 5.74. The molecule has 0 saturated heterocycles. The van der Waals surface area contributed by atoms with Crippen LogP contribution in [-0.2, 0) is 16.1 Å². The molecular weight excluding hydrogens is 376 g/mol. The van der Waals surface area contributed by atoms with Gasteiger partial charge in [0.2, 0.25) is 5.91 Å². The zero-order valence-electron chi connectivity index (χ0n) is 16.2. The highest BCUT2D eigenvalue weighted by Gasteiger charge is 2.37. The van der Waals surface area contributed by atoms with Crippen LogP contribution in [0.3, 0.4) is 0 Å². The van der Waals surface area contributed by atoms with E-state index in [4.69, 9.17) is 16.3 Å². The van der Waals surface area contributed by atoms with Crippen LogP contribution in [0.2, 0.25) is 5.02 Å². The summed E-state index contributed by atoms with van der Waals surface area (Å²) in [5.41, 5.74) is 2.48. The highest BCUT2D eigenvalue weighted by molar-refractivity contribution is 6.31. The van der Waals surface area contributed by atoms with Crippen molar-refractivity contribution in [1.82, 2.24) is 5.32 Å². The number of halogens is 1. The van der Waals surface area contributed by atoms with E-state index in [1.54, 1.807) is 17.0 Å². The lowest BCUT2D eigenvalue weighted by Crippen LogP contribution is -2.36. The van der Waals surface area contributed by atoms with Gasteiger partial charge in [-0.2, -0.15) is 0 Å². The summed E-state index contributed by atoms with van der Waals surface area (Å²) in [5.74, 6) is 0.416. The minimum atomic E-state index is -0.702. The Morgan fingerprint density at radius 2 is 1.93 bits per heavy atom. The molecule has 148 valence electrons. The minimum absolute atomic E-state index is 0.160. The summed E-state index contributed by atoms with van der Waals surface area (Å²) >= 11 is 6.10. The van der Waals surface area contributed by atoms with Crippen LogP contribution in [0.4, 0.5) is 5.69 Å². The summed E-state index contributed by atoms with van der Waals surface area (Å²) in [7, 11) is 0. The number of hydrogen-bond donors (Lipinski definition) is 1. The normalized spacial score (nSPS) is 15.5. The average molecular weight is 401 g/mol. The van der Waals surface area contributed by atoms with Gasteiger partial charge in [0.05, 0.1) is 13.2 Å². The molecule has 6 heteroatoms. The Kier molecular flexibility index (Phi) is 6.57. The summed E-state index contributed by atoms with van der Waals surface area (Å²) in [4.78, 5) is 26.2. The van der Waals surface area contributed by atoms with Crippen molar-refractivity contribution in [1.29, 1.82) is 0 Å². The maximum absolute atomic E-state index is 12.9. The Bertz CT molecular complexity index is 851. The number of benzene rings is 2. The fourth-order valence-electron chi connectivity index (χ4n) is 3.33. The van der Waals surface area contributed by atoms with E-state index in [0.29, 0.717) is 18.2 Å². The number of carbonyl (C=O) groups is 2. The highest BCUT2D eigenvalue weighted by atomic mass is 35.5. The van der Waals surface area contributed by atoms with Gasteiger partial charge in [-0.05, 0) is 42.3 Å². The second kappa shape index (κ2) is 9.11. The number of amides is 2. The van der Waals surface area contributed by atoms with Gasteiger partial charge in [-0.15, -0.1) is 0 Å². The molecule has 0 aromatic heterocycles. The van der Waals surface area contributed by atoms with Gasteiger partial charge >= 0.3 is 0 Å². The molecule has 0 saturated carbocycles. The Morgan fingerprint density at radius 1 is 1.18 bits per heavy atom. The van der Waals surface area contributed by atoms with Gasteiger partial charge in [0.1, 0.15) is 11.8 Å². The lowest BCUT2D eigenvalue weighted by Gasteiger charge is -2.18. The lowest BCUT2D eigenvalue weighted by atomic mass is 10.1. The molecule has 28 heavy (non-hydrogen) atoms. The van der Waals surface area contributed by atoms with Gasteiger partial charge in [0.25, 0.3) is 5.91 Å². The van der Waals surface area contributed by atoms with Crippen LogP contribution >= 0.6 is 11.6 Å². The number of ether oxygens (including phenoxy) is 1. The van der Waals surface area contributed by atoms with E-state index in [2.05, 4.69) is 12.2 Å². The lowest BCUT2D eigenvalue weighted by molar-refractivity contribution is -0.126. The molecule has 1 N–H and O–H groups in total. The Morgan fingerprint density at radius 3 is 2.61 bits per heavy atom. The smallest absolute Gasteiger partial charge is 0.254 e. The standard InChI is InChI=1S/C22H25ClN2O3/c1-3-4-5-12-28-18-9-6-16(7-10-18)14-25-20-11-8-17(23)13-19(20)21(22(25)27)24-15(2)26/h6-11,13,21H,3-5,12,14H2,1-2H3,(H,24,26). The topological polar surface area (TPSA) is 58.6 Å². The Balaban J connectivity index is 1.73. The number of anilines is 1. The van der Waals surface area contributed by atoms with Crippen LogP contribution in [0, 0.1) is 0 Å². The average Bonchev–Trinajstić information content (AvgIpc) is 2.91. The molecule has 3 rings (SSSR count). The number of unbranched alkanes of at least 4 members (excludes halogenated alkanes) is 2. The molecule has 0 aliphatic carbocycles. The van der Waals surface area contributed by atoms with Crippen molar-refractivity contribution in [3.8, 4) is 5.75 Å². The number of hydrogen-bond acceptors (Lipinski definition) is 3. The molecule has 0 radical (unpaired) electrons. The molecule has 2 aromatic carbocycles. The summed E-state index contributed by atoms with van der Waals surface area (Å²) in [6.45, 7) is 4.69. The van der Waals surface area contributed by atoms with Gasteiger partial charge in [0, 0.05) is 23.2 Å². The fraction of sp³-hybridized carbons (Fsp3) is 0.364. The van der Waals surface area contributed by atoms with E-state index in [9.17, 15) is 9.59 Å². The molecule has 0 spiro atoms. The zero-order chi connectivity index (χ0) is 20.1. The zero-order valence-corrected chi connectivity index (χ0v) is 17.0. The molecule has 1 aliphatic rings. The minimum Gasteiger partial charge on any atom is -0.494 e. The third kappa shape index (κ3) is 4.65. The fourth-order valence-corrected chi connectivity index (χ4v) is 3.51. The first-order valence-corrected chi connectivity index (χ1v) is 9.97. The molecule has 1 unspecified atom stereocenters. The number of carbonyl (C=O) groups excluding carboxylic acids is 2. The first-order valence-electron chi connectivity index (χ1n) is 9.59. The van der Waals surface area contributed by atoms with Crippen LogP contribution in [0.25, 0.3) is 0 Å². The summed E-state index contributed by atoms with van der Waals surface area (Å²) in [5, 5.41) is 3.26. The predicted octanol–water partition coefficient (Wildman–Crippen LogP) is 4.63. The Labute approximate surface area is 170 Å². The van der Waals surface area contributed by atoms with E-state index >= 15 is 0 Å². The van der Waals surface area contributed by atoms with Crippen molar-refractivity contribution >= 4 is 29.1 Å². The summed E-state index contributed by atoms with van der Waals surface area (Å²) in [6.07, 6.45) is 3.37. The number of fused-ring (bicyclic) bond motifs is 1. The van der Waals surface area contributed by atoms with Crippen molar-refractivity contribution < 1.29 is 14.3 Å². The SMILES string of the molecule is CCCCCOc1ccc(CN2C(=O)C(NC(C)=O)c3cc(Cl)ccc32)cc1. The molecular formula is C22H25ClN2O3. The van der Waals surface area contributed by atoms with E-state index in [-0.39, 0.29) is 11.8 Å². The second-order valence-corrected chi connectivity index (χ2v) is 7.40. The van der Waals surface area contributed by atoms with Crippen molar-refractivity contribution in [2.45, 2.75) is 45.7 Å². The molecule has 1 atom stereocenters. The van der Waals surface area contributed by atoms with Gasteiger partial charge < -0.3 is 15.0 Å². The third-order valence-electron chi connectivity index (χ3n) is 4.73. The molecule has 2 amide bonds. The van der Waals surface area contributed by atoms with Crippen molar-refractivity contribution in [3.05, 3.63) is 58.6 Å². The van der Waals surface area contributed by atoms with Gasteiger partial charge in [-0.3, -0.25) is 9.59 Å².